The number of imidazole rings is 1. The third kappa shape index (κ3) is 2.71. The average Bonchev–Trinajstić information content (AvgIpc) is 3.26. The van der Waals surface area contributed by atoms with E-state index in [4.69, 9.17) is 9.72 Å². The second-order valence-electron chi connectivity index (χ2n) is 5.72. The lowest BCUT2D eigenvalue weighted by atomic mass is 10.1. The first-order valence-electron chi connectivity index (χ1n) is 8.24. The van der Waals surface area contributed by atoms with Crippen LogP contribution in [0.15, 0.2) is 54.7 Å². The van der Waals surface area contributed by atoms with Gasteiger partial charge in [-0.15, -0.1) is 0 Å². The Morgan fingerprint density at radius 2 is 1.96 bits per heavy atom. The minimum atomic E-state index is 0.593. The highest BCUT2D eigenvalue weighted by Gasteiger charge is 2.19. The smallest absolute Gasteiger partial charge is 0.202 e. The number of anilines is 2. The van der Waals surface area contributed by atoms with Gasteiger partial charge in [0.15, 0.2) is 5.82 Å². The number of nitrogens with one attached hydrogen (secondary N) is 2. The molecule has 0 radical (unpaired) electrons. The molecule has 0 aliphatic rings. The summed E-state index contributed by atoms with van der Waals surface area (Å²) >= 11 is 0. The number of hydrogen-bond acceptors (Lipinski definition) is 4. The van der Waals surface area contributed by atoms with Gasteiger partial charge in [0, 0.05) is 17.2 Å². The molecule has 0 atom stereocenters. The summed E-state index contributed by atoms with van der Waals surface area (Å²) in [6, 6.07) is 16.1. The van der Waals surface area contributed by atoms with Gasteiger partial charge in [0.25, 0.3) is 0 Å². The van der Waals surface area contributed by atoms with Crippen molar-refractivity contribution in [3.63, 3.8) is 0 Å². The molecule has 6 nitrogen and oxygen atoms in total. The largest absolute Gasteiger partial charge is 0.479 e. The van der Waals surface area contributed by atoms with Crippen molar-refractivity contribution in [2.45, 2.75) is 13.8 Å². The first kappa shape index (κ1) is 15.3. The third-order valence-electron chi connectivity index (χ3n) is 4.01. The van der Waals surface area contributed by atoms with E-state index >= 15 is 0 Å². The number of aromatic nitrogens is 4. The molecule has 4 rings (SSSR count). The van der Waals surface area contributed by atoms with Crippen LogP contribution in [0.2, 0.25) is 0 Å². The summed E-state index contributed by atoms with van der Waals surface area (Å²) < 4.78 is 8.00. The molecule has 1 aromatic carbocycles. The molecule has 0 fully saturated rings. The van der Waals surface area contributed by atoms with Crippen molar-refractivity contribution in [2.24, 2.45) is 0 Å². The molecule has 3 heterocycles. The maximum absolute atomic E-state index is 5.94. The van der Waals surface area contributed by atoms with Crippen LogP contribution in [-0.2, 0) is 0 Å². The monoisotopic (exact) mass is 333 g/mol. The minimum absolute atomic E-state index is 0.593. The summed E-state index contributed by atoms with van der Waals surface area (Å²) in [6.07, 6.45) is 1.70. The van der Waals surface area contributed by atoms with E-state index in [1.807, 2.05) is 50.2 Å². The number of rotatable bonds is 5. The van der Waals surface area contributed by atoms with Crippen LogP contribution in [0.4, 0.5) is 11.6 Å². The Labute approximate surface area is 145 Å². The zero-order valence-corrected chi connectivity index (χ0v) is 14.2. The van der Waals surface area contributed by atoms with E-state index in [0.29, 0.717) is 6.61 Å². The van der Waals surface area contributed by atoms with E-state index < -0.39 is 0 Å². The first-order chi connectivity index (χ1) is 12.3. The lowest BCUT2D eigenvalue weighted by Gasteiger charge is -2.13. The van der Waals surface area contributed by atoms with Crippen LogP contribution in [0.5, 0.6) is 5.88 Å². The molecule has 0 spiro atoms. The van der Waals surface area contributed by atoms with Crippen molar-refractivity contribution in [3.05, 3.63) is 60.3 Å². The van der Waals surface area contributed by atoms with Crippen molar-refractivity contribution in [2.75, 3.05) is 11.9 Å². The molecule has 25 heavy (non-hydrogen) atoms. The zero-order chi connectivity index (χ0) is 17.2. The SMILES string of the molecule is CCOc1c(C)ccc2nc(Nc3ccn[nH]3)c(-c3ccccc3)n12. The highest BCUT2D eigenvalue weighted by Crippen LogP contribution is 2.35. The van der Waals surface area contributed by atoms with Crippen LogP contribution in [0.1, 0.15) is 12.5 Å². The molecule has 0 saturated heterocycles. The quantitative estimate of drug-likeness (QED) is 0.575. The highest BCUT2D eigenvalue weighted by atomic mass is 16.5. The molecule has 0 aliphatic heterocycles. The van der Waals surface area contributed by atoms with E-state index in [9.17, 15) is 0 Å². The van der Waals surface area contributed by atoms with Crippen LogP contribution in [0, 0.1) is 6.92 Å². The van der Waals surface area contributed by atoms with E-state index in [0.717, 1.165) is 40.0 Å². The number of aromatic amines is 1. The Balaban J connectivity index is 1.99. The topological polar surface area (TPSA) is 67.2 Å². The molecule has 0 bridgehead atoms. The van der Waals surface area contributed by atoms with Gasteiger partial charge in [-0.2, -0.15) is 5.10 Å². The number of H-pyrrole nitrogens is 1. The number of pyridine rings is 1. The molecular formula is C19H19N5O. The highest BCUT2D eigenvalue weighted by molar-refractivity contribution is 5.80. The number of hydrogen-bond donors (Lipinski definition) is 2. The van der Waals surface area contributed by atoms with Gasteiger partial charge >= 0.3 is 0 Å². The Kier molecular flexibility index (Phi) is 3.85. The fourth-order valence-electron chi connectivity index (χ4n) is 2.92. The summed E-state index contributed by atoms with van der Waals surface area (Å²) in [4.78, 5) is 4.77. The Bertz CT molecular complexity index is 990. The summed E-state index contributed by atoms with van der Waals surface area (Å²) in [5, 5.41) is 10.2. The van der Waals surface area contributed by atoms with Gasteiger partial charge in [0.05, 0.1) is 12.8 Å². The summed E-state index contributed by atoms with van der Waals surface area (Å²) in [5.74, 6) is 2.35. The van der Waals surface area contributed by atoms with E-state index in [2.05, 4.69) is 32.0 Å². The average molecular weight is 333 g/mol. The number of benzene rings is 1. The number of aryl methyl sites for hydroxylation is 1. The van der Waals surface area contributed by atoms with Gasteiger partial charge < -0.3 is 10.1 Å². The molecule has 2 N–H and O–H groups in total. The lowest BCUT2D eigenvalue weighted by Crippen LogP contribution is -2.02. The van der Waals surface area contributed by atoms with Crippen molar-refractivity contribution in [3.8, 4) is 17.1 Å². The molecule has 0 unspecified atom stereocenters. The lowest BCUT2D eigenvalue weighted by molar-refractivity contribution is 0.320. The van der Waals surface area contributed by atoms with Gasteiger partial charge in [0.2, 0.25) is 5.88 Å². The van der Waals surface area contributed by atoms with Crippen molar-refractivity contribution >= 4 is 17.3 Å². The normalized spacial score (nSPS) is 11.0. The molecule has 126 valence electrons. The van der Waals surface area contributed by atoms with Gasteiger partial charge in [0.1, 0.15) is 17.2 Å². The third-order valence-corrected chi connectivity index (χ3v) is 4.01. The van der Waals surface area contributed by atoms with Gasteiger partial charge in [-0.3, -0.25) is 9.50 Å². The van der Waals surface area contributed by atoms with Crippen LogP contribution in [-0.4, -0.2) is 26.2 Å². The van der Waals surface area contributed by atoms with Crippen LogP contribution < -0.4 is 10.1 Å². The van der Waals surface area contributed by atoms with Crippen molar-refractivity contribution in [1.82, 2.24) is 19.6 Å². The van der Waals surface area contributed by atoms with E-state index in [-0.39, 0.29) is 0 Å². The van der Waals surface area contributed by atoms with Gasteiger partial charge in [-0.25, -0.2) is 4.98 Å². The van der Waals surface area contributed by atoms with E-state index in [1.54, 1.807) is 6.20 Å². The maximum atomic E-state index is 5.94. The summed E-state index contributed by atoms with van der Waals surface area (Å²) in [7, 11) is 0. The Morgan fingerprint density at radius 1 is 1.12 bits per heavy atom. The predicted molar refractivity (Wildman–Crippen MR) is 98.4 cm³/mol. The predicted octanol–water partition coefficient (Wildman–Crippen LogP) is 4.18. The molecule has 6 heteroatoms. The Hall–Kier alpha value is -3.28. The minimum Gasteiger partial charge on any atom is -0.479 e. The molecule has 3 aromatic heterocycles. The van der Waals surface area contributed by atoms with Crippen molar-refractivity contribution in [1.29, 1.82) is 0 Å². The Morgan fingerprint density at radius 3 is 2.68 bits per heavy atom. The maximum Gasteiger partial charge on any atom is 0.202 e. The van der Waals surface area contributed by atoms with Crippen LogP contribution >= 0.6 is 0 Å². The van der Waals surface area contributed by atoms with Gasteiger partial charge in [-0.1, -0.05) is 36.4 Å². The molecule has 0 saturated carbocycles. The standard InChI is InChI=1S/C19H19N5O/c1-3-25-19-13(2)9-10-16-22-18(21-15-11-12-20-23-15)17(24(16)19)14-7-5-4-6-8-14/h4-12H,3H2,1-2H3,(H2,20,21,23). The molecule has 0 amide bonds. The number of fused-ring (bicyclic) bond motifs is 1. The molecule has 0 aliphatic carbocycles. The zero-order valence-electron chi connectivity index (χ0n) is 14.2. The second-order valence-corrected chi connectivity index (χ2v) is 5.72. The fourth-order valence-corrected chi connectivity index (χ4v) is 2.92. The summed E-state index contributed by atoms with van der Waals surface area (Å²) in [5.41, 5.74) is 3.91. The summed E-state index contributed by atoms with van der Waals surface area (Å²) in [6.45, 7) is 4.62. The van der Waals surface area contributed by atoms with Crippen LogP contribution in [0.3, 0.4) is 0 Å². The first-order valence-corrected chi connectivity index (χ1v) is 8.24. The van der Waals surface area contributed by atoms with E-state index in [1.165, 1.54) is 0 Å². The van der Waals surface area contributed by atoms with Gasteiger partial charge in [-0.05, 0) is 19.9 Å². The second kappa shape index (κ2) is 6.32. The van der Waals surface area contributed by atoms with Crippen molar-refractivity contribution < 1.29 is 4.74 Å². The molecule has 4 aromatic rings. The number of ether oxygens (including phenoxy) is 1. The molecular weight excluding hydrogens is 314 g/mol. The number of nitrogens with zero attached hydrogens (tertiary/aromatic N) is 3. The fraction of sp³-hybridized carbons (Fsp3) is 0.158. The van der Waals surface area contributed by atoms with Crippen LogP contribution in [0.25, 0.3) is 16.9 Å².